The van der Waals surface area contributed by atoms with Crippen molar-refractivity contribution < 1.29 is 24.1 Å². The van der Waals surface area contributed by atoms with Gasteiger partial charge >= 0.3 is 0 Å². The average Bonchev–Trinajstić information content (AvgIpc) is 2.40. The zero-order valence-corrected chi connectivity index (χ0v) is 10.1. The predicted octanol–water partition coefficient (Wildman–Crippen LogP) is 1.01. The van der Waals surface area contributed by atoms with Crippen LogP contribution in [0.5, 0.6) is 0 Å². The number of benzene rings is 1. The molecule has 1 aromatic rings. The summed E-state index contributed by atoms with van der Waals surface area (Å²) in [6.45, 7) is 1.76. The molecule has 0 spiro atoms. The second-order valence-corrected chi connectivity index (χ2v) is 4.43. The van der Waals surface area contributed by atoms with Crippen LogP contribution in [0.2, 0.25) is 0 Å². The molecule has 0 unspecified atom stereocenters. The van der Waals surface area contributed by atoms with E-state index in [-0.39, 0.29) is 6.61 Å². The van der Waals surface area contributed by atoms with E-state index in [1.807, 2.05) is 30.3 Å². The van der Waals surface area contributed by atoms with E-state index in [1.54, 1.807) is 6.92 Å². The first-order chi connectivity index (χ1) is 8.59. The number of halogens is 1. The fourth-order valence-corrected chi connectivity index (χ4v) is 1.88. The van der Waals surface area contributed by atoms with Crippen LogP contribution in [-0.4, -0.2) is 41.0 Å². The molecular formula is C13H17FO4. The number of rotatable bonds is 3. The summed E-state index contributed by atoms with van der Waals surface area (Å²) in [5, 5.41) is 18.9. The standard InChI is InChI=1S/C13H17FO4/c1-8-11(15)12(16)10(14)13(18-8)17-7-9-5-3-2-4-6-9/h2-6,8,10-13,15-16H,7H2,1H3/t8-,10+,11+,12-,13-/m0/s1. The van der Waals surface area contributed by atoms with Crippen molar-refractivity contribution in [2.45, 2.75) is 44.3 Å². The first-order valence-electron chi connectivity index (χ1n) is 5.91. The fraction of sp³-hybridized carbons (Fsp3) is 0.538. The van der Waals surface area contributed by atoms with Crippen molar-refractivity contribution >= 4 is 0 Å². The second-order valence-electron chi connectivity index (χ2n) is 4.43. The van der Waals surface area contributed by atoms with E-state index in [4.69, 9.17) is 9.47 Å². The highest BCUT2D eigenvalue weighted by Crippen LogP contribution is 2.24. The average molecular weight is 256 g/mol. The Bertz CT molecular complexity index is 373. The minimum Gasteiger partial charge on any atom is -0.388 e. The van der Waals surface area contributed by atoms with Gasteiger partial charge in [-0.3, -0.25) is 0 Å². The molecule has 0 bridgehead atoms. The van der Waals surface area contributed by atoms with Gasteiger partial charge in [-0.05, 0) is 12.5 Å². The van der Waals surface area contributed by atoms with Crippen LogP contribution in [0.4, 0.5) is 4.39 Å². The lowest BCUT2D eigenvalue weighted by atomic mass is 10.0. The zero-order valence-electron chi connectivity index (χ0n) is 10.1. The zero-order chi connectivity index (χ0) is 13.1. The minimum atomic E-state index is -1.75. The predicted molar refractivity (Wildman–Crippen MR) is 62.5 cm³/mol. The second kappa shape index (κ2) is 5.75. The molecule has 1 saturated heterocycles. The van der Waals surface area contributed by atoms with Gasteiger partial charge in [0.2, 0.25) is 0 Å². The van der Waals surface area contributed by atoms with Crippen molar-refractivity contribution in [2.75, 3.05) is 0 Å². The highest BCUT2D eigenvalue weighted by atomic mass is 19.1. The highest BCUT2D eigenvalue weighted by Gasteiger charge is 2.43. The Morgan fingerprint density at radius 1 is 1.22 bits per heavy atom. The maximum absolute atomic E-state index is 13.7. The van der Waals surface area contributed by atoms with E-state index >= 15 is 0 Å². The quantitative estimate of drug-likeness (QED) is 0.847. The largest absolute Gasteiger partial charge is 0.388 e. The molecule has 1 aliphatic rings. The van der Waals surface area contributed by atoms with E-state index in [0.717, 1.165) is 5.56 Å². The lowest BCUT2D eigenvalue weighted by Gasteiger charge is -2.37. The summed E-state index contributed by atoms with van der Waals surface area (Å²) < 4.78 is 24.2. The molecule has 5 atom stereocenters. The van der Waals surface area contributed by atoms with Gasteiger partial charge in [-0.15, -0.1) is 0 Å². The number of alkyl halides is 1. The summed E-state index contributed by atoms with van der Waals surface area (Å²) in [5.74, 6) is 0. The van der Waals surface area contributed by atoms with Crippen molar-refractivity contribution in [3.05, 3.63) is 35.9 Å². The van der Waals surface area contributed by atoms with Crippen molar-refractivity contribution in [3.8, 4) is 0 Å². The van der Waals surface area contributed by atoms with Crippen molar-refractivity contribution in [1.82, 2.24) is 0 Å². The molecule has 2 rings (SSSR count). The monoisotopic (exact) mass is 256 g/mol. The van der Waals surface area contributed by atoms with Crippen LogP contribution in [0.25, 0.3) is 0 Å². The molecule has 1 fully saturated rings. The Hall–Kier alpha value is -1.01. The molecule has 1 aromatic carbocycles. The number of ether oxygens (including phenoxy) is 2. The Balaban J connectivity index is 1.93. The fourth-order valence-electron chi connectivity index (χ4n) is 1.88. The van der Waals surface area contributed by atoms with Crippen LogP contribution in [0.15, 0.2) is 30.3 Å². The lowest BCUT2D eigenvalue weighted by molar-refractivity contribution is -0.281. The van der Waals surface area contributed by atoms with Gasteiger partial charge in [-0.25, -0.2) is 4.39 Å². The molecule has 0 aliphatic carbocycles. The van der Waals surface area contributed by atoms with Crippen LogP contribution in [0.1, 0.15) is 12.5 Å². The first kappa shape index (κ1) is 13.4. The Morgan fingerprint density at radius 3 is 2.56 bits per heavy atom. The summed E-state index contributed by atoms with van der Waals surface area (Å²) in [6, 6.07) is 9.29. The maximum Gasteiger partial charge on any atom is 0.192 e. The Morgan fingerprint density at radius 2 is 1.89 bits per heavy atom. The summed E-state index contributed by atoms with van der Waals surface area (Å²) >= 11 is 0. The van der Waals surface area contributed by atoms with E-state index in [1.165, 1.54) is 0 Å². The number of hydrogen-bond acceptors (Lipinski definition) is 4. The van der Waals surface area contributed by atoms with E-state index in [2.05, 4.69) is 0 Å². The van der Waals surface area contributed by atoms with Gasteiger partial charge in [-0.2, -0.15) is 0 Å². The topological polar surface area (TPSA) is 58.9 Å². The normalized spacial score (nSPS) is 36.6. The summed E-state index contributed by atoms with van der Waals surface area (Å²) in [6.07, 6.45) is -6.27. The molecule has 4 nitrogen and oxygen atoms in total. The first-order valence-corrected chi connectivity index (χ1v) is 5.91. The molecule has 18 heavy (non-hydrogen) atoms. The summed E-state index contributed by atoms with van der Waals surface area (Å²) in [7, 11) is 0. The third-order valence-electron chi connectivity index (χ3n) is 3.02. The molecule has 0 amide bonds. The lowest BCUT2D eigenvalue weighted by Crippen LogP contribution is -2.55. The number of aliphatic hydroxyl groups is 2. The molecule has 1 aliphatic heterocycles. The molecule has 5 heteroatoms. The maximum atomic E-state index is 13.7. The van der Waals surface area contributed by atoms with Crippen LogP contribution < -0.4 is 0 Å². The van der Waals surface area contributed by atoms with Gasteiger partial charge in [0.1, 0.15) is 12.2 Å². The number of hydrogen-bond donors (Lipinski definition) is 2. The third kappa shape index (κ3) is 2.87. The summed E-state index contributed by atoms with van der Waals surface area (Å²) in [4.78, 5) is 0. The van der Waals surface area contributed by atoms with Gasteiger partial charge in [-0.1, -0.05) is 30.3 Å². The van der Waals surface area contributed by atoms with Gasteiger partial charge in [0.15, 0.2) is 12.5 Å². The molecular weight excluding hydrogens is 239 g/mol. The Labute approximate surface area is 105 Å². The van der Waals surface area contributed by atoms with Crippen LogP contribution >= 0.6 is 0 Å². The van der Waals surface area contributed by atoms with Crippen LogP contribution in [-0.2, 0) is 16.1 Å². The smallest absolute Gasteiger partial charge is 0.192 e. The van der Waals surface area contributed by atoms with Gasteiger partial charge < -0.3 is 19.7 Å². The van der Waals surface area contributed by atoms with Crippen molar-refractivity contribution in [2.24, 2.45) is 0 Å². The molecule has 0 aromatic heterocycles. The molecule has 1 heterocycles. The van der Waals surface area contributed by atoms with Gasteiger partial charge in [0.25, 0.3) is 0 Å². The van der Waals surface area contributed by atoms with Crippen LogP contribution in [0.3, 0.4) is 0 Å². The van der Waals surface area contributed by atoms with Crippen molar-refractivity contribution in [1.29, 1.82) is 0 Å². The van der Waals surface area contributed by atoms with E-state index in [0.29, 0.717) is 0 Å². The Kier molecular flexibility index (Phi) is 4.29. The molecule has 0 saturated carbocycles. The SMILES string of the molecule is C[C@@H]1O[C@H](OCc2ccccc2)[C@H](F)[C@H](O)[C@@H]1O. The molecule has 0 radical (unpaired) electrons. The van der Waals surface area contributed by atoms with E-state index in [9.17, 15) is 14.6 Å². The molecule has 100 valence electrons. The highest BCUT2D eigenvalue weighted by molar-refractivity contribution is 5.13. The van der Waals surface area contributed by atoms with Gasteiger partial charge in [0.05, 0.1) is 12.7 Å². The van der Waals surface area contributed by atoms with E-state index < -0.39 is 30.8 Å². The summed E-state index contributed by atoms with van der Waals surface area (Å²) in [5.41, 5.74) is 0.890. The molecule has 2 N–H and O–H groups in total. The van der Waals surface area contributed by atoms with Crippen LogP contribution in [0, 0.1) is 0 Å². The van der Waals surface area contributed by atoms with Crippen molar-refractivity contribution in [3.63, 3.8) is 0 Å². The third-order valence-corrected chi connectivity index (χ3v) is 3.02. The van der Waals surface area contributed by atoms with Gasteiger partial charge in [0, 0.05) is 0 Å². The minimum absolute atomic E-state index is 0.196. The number of aliphatic hydroxyl groups excluding tert-OH is 2.